The number of carbonyl (C=O) groups is 1. The first kappa shape index (κ1) is 19.1. The maximum absolute atomic E-state index is 11.8. The Labute approximate surface area is 169 Å². The molecule has 2 aliphatic rings. The molecular formula is C20H26N4O3S. The van der Waals surface area contributed by atoms with Gasteiger partial charge in [-0.25, -0.2) is 0 Å². The number of ketones is 1. The average Bonchev–Trinajstić information content (AvgIpc) is 3.36. The highest BCUT2D eigenvalue weighted by molar-refractivity contribution is 7.15. The van der Waals surface area contributed by atoms with Crippen molar-refractivity contribution in [2.75, 3.05) is 37.9 Å². The third-order valence-corrected chi connectivity index (χ3v) is 6.33. The quantitative estimate of drug-likeness (QED) is 0.705. The van der Waals surface area contributed by atoms with Crippen LogP contribution in [-0.2, 0) is 11.2 Å². The van der Waals surface area contributed by atoms with Gasteiger partial charge in [-0.1, -0.05) is 24.3 Å². The lowest BCUT2D eigenvalue weighted by Gasteiger charge is -2.38. The minimum absolute atomic E-state index is 0.243. The number of aromatic nitrogens is 2. The van der Waals surface area contributed by atoms with Crippen LogP contribution in [0.15, 0.2) is 18.2 Å². The fraction of sp³-hybridized carbons (Fsp3) is 0.550. The van der Waals surface area contributed by atoms with Crippen molar-refractivity contribution in [2.45, 2.75) is 39.2 Å². The normalized spacial score (nSPS) is 17.7. The molecule has 0 amide bonds. The van der Waals surface area contributed by atoms with E-state index in [1.54, 1.807) is 11.3 Å². The van der Waals surface area contributed by atoms with E-state index in [9.17, 15) is 4.79 Å². The Bertz CT molecular complexity index is 833. The molecule has 0 bridgehead atoms. The van der Waals surface area contributed by atoms with Crippen molar-refractivity contribution in [3.8, 4) is 11.5 Å². The summed E-state index contributed by atoms with van der Waals surface area (Å²) in [6, 6.07) is 6.51. The van der Waals surface area contributed by atoms with Crippen LogP contribution in [0.3, 0.4) is 0 Å². The molecule has 8 heteroatoms. The third kappa shape index (κ3) is 4.12. The van der Waals surface area contributed by atoms with E-state index >= 15 is 0 Å². The van der Waals surface area contributed by atoms with Gasteiger partial charge in [-0.15, -0.1) is 10.2 Å². The maximum atomic E-state index is 11.8. The van der Waals surface area contributed by atoms with Crippen LogP contribution in [0.1, 0.15) is 43.3 Å². The molecule has 0 N–H and O–H groups in total. The van der Waals surface area contributed by atoms with E-state index in [-0.39, 0.29) is 5.78 Å². The number of anilines is 1. The lowest BCUT2D eigenvalue weighted by atomic mass is 10.1. The van der Waals surface area contributed by atoms with Crippen LogP contribution < -0.4 is 14.4 Å². The van der Waals surface area contributed by atoms with Gasteiger partial charge in [0.1, 0.15) is 10.8 Å². The largest absolute Gasteiger partial charge is 0.454 e. The van der Waals surface area contributed by atoms with Gasteiger partial charge in [0, 0.05) is 38.6 Å². The average molecular weight is 403 g/mol. The van der Waals surface area contributed by atoms with Crippen LogP contribution in [0.4, 0.5) is 5.13 Å². The van der Waals surface area contributed by atoms with Gasteiger partial charge in [-0.3, -0.25) is 9.69 Å². The first-order valence-electron chi connectivity index (χ1n) is 9.86. The number of benzene rings is 1. The highest BCUT2D eigenvalue weighted by atomic mass is 32.1. The number of Topliss-reactive ketones (excluding diaryl/α,β-unsaturated/α-hetero) is 1. The summed E-state index contributed by atoms with van der Waals surface area (Å²) in [5.41, 5.74) is 1.24. The number of ether oxygens (including phenoxy) is 2. The first-order chi connectivity index (χ1) is 13.6. The van der Waals surface area contributed by atoms with Crippen molar-refractivity contribution < 1.29 is 14.3 Å². The molecule has 1 fully saturated rings. The molecular weight excluding hydrogens is 376 g/mol. The molecule has 1 unspecified atom stereocenters. The van der Waals surface area contributed by atoms with E-state index in [0.717, 1.165) is 54.2 Å². The van der Waals surface area contributed by atoms with Gasteiger partial charge in [0.05, 0.1) is 6.42 Å². The van der Waals surface area contributed by atoms with Gasteiger partial charge in [-0.2, -0.15) is 0 Å². The number of carbonyl (C=O) groups excluding carboxylic acids is 1. The molecule has 1 atom stereocenters. The number of piperazine rings is 1. The Hall–Kier alpha value is -2.19. The van der Waals surface area contributed by atoms with Crippen LogP contribution >= 0.6 is 11.3 Å². The zero-order valence-corrected chi connectivity index (χ0v) is 17.2. The Morgan fingerprint density at radius 3 is 2.75 bits per heavy atom. The van der Waals surface area contributed by atoms with Gasteiger partial charge < -0.3 is 14.4 Å². The Morgan fingerprint density at radius 2 is 1.96 bits per heavy atom. The molecule has 0 saturated carbocycles. The fourth-order valence-corrected chi connectivity index (χ4v) is 4.58. The second kappa shape index (κ2) is 8.45. The lowest BCUT2D eigenvalue weighted by Crippen LogP contribution is -2.47. The van der Waals surface area contributed by atoms with E-state index in [2.05, 4.69) is 39.1 Å². The number of hydrogen-bond donors (Lipinski definition) is 0. The number of hydrogen-bond acceptors (Lipinski definition) is 8. The summed E-state index contributed by atoms with van der Waals surface area (Å²) in [7, 11) is 0. The van der Waals surface area contributed by atoms with Crippen molar-refractivity contribution in [1.29, 1.82) is 0 Å². The zero-order valence-electron chi connectivity index (χ0n) is 16.4. The predicted molar refractivity (Wildman–Crippen MR) is 108 cm³/mol. The molecule has 1 aromatic heterocycles. The molecule has 4 rings (SSSR count). The van der Waals surface area contributed by atoms with Crippen LogP contribution in [0.5, 0.6) is 11.5 Å². The lowest BCUT2D eigenvalue weighted by molar-refractivity contribution is -0.118. The highest BCUT2D eigenvalue weighted by Crippen LogP contribution is 2.35. The van der Waals surface area contributed by atoms with Crippen molar-refractivity contribution >= 4 is 22.3 Å². The van der Waals surface area contributed by atoms with Gasteiger partial charge >= 0.3 is 0 Å². The second-order valence-corrected chi connectivity index (χ2v) is 8.30. The standard InChI is InChI=1S/C20H26N4O3S/c1-3-4-16(25)12-19-21-22-20(28-19)24-9-7-23(8-10-24)14(2)15-5-6-17-18(11-15)27-13-26-17/h5-6,11,14H,3-4,7-10,12-13H2,1-2H3. The summed E-state index contributed by atoms with van der Waals surface area (Å²) in [6.45, 7) is 8.29. The van der Waals surface area contributed by atoms with E-state index in [1.807, 2.05) is 13.0 Å². The zero-order chi connectivity index (χ0) is 19.5. The van der Waals surface area contributed by atoms with Gasteiger partial charge in [0.25, 0.3) is 0 Å². The van der Waals surface area contributed by atoms with Crippen molar-refractivity contribution in [2.24, 2.45) is 0 Å². The smallest absolute Gasteiger partial charge is 0.231 e. The predicted octanol–water partition coefficient (Wildman–Crippen LogP) is 3.06. The molecule has 2 aliphatic heterocycles. The highest BCUT2D eigenvalue weighted by Gasteiger charge is 2.25. The van der Waals surface area contributed by atoms with Gasteiger partial charge in [-0.05, 0) is 31.0 Å². The number of nitrogens with zero attached hydrogens (tertiary/aromatic N) is 4. The SMILES string of the molecule is CCCC(=O)Cc1nnc(N2CCN(C(C)c3ccc4c(c3)OCO4)CC2)s1. The van der Waals surface area contributed by atoms with Crippen LogP contribution in [0.25, 0.3) is 0 Å². The van der Waals surface area contributed by atoms with Crippen molar-refractivity contribution in [3.05, 3.63) is 28.8 Å². The summed E-state index contributed by atoms with van der Waals surface area (Å²) in [4.78, 5) is 16.6. The van der Waals surface area contributed by atoms with Crippen molar-refractivity contribution in [3.63, 3.8) is 0 Å². The van der Waals surface area contributed by atoms with E-state index in [0.29, 0.717) is 25.7 Å². The number of fused-ring (bicyclic) bond motifs is 1. The molecule has 7 nitrogen and oxygen atoms in total. The summed E-state index contributed by atoms with van der Waals surface area (Å²) in [5, 5.41) is 10.3. The monoisotopic (exact) mass is 402 g/mol. The number of rotatable bonds is 7. The molecule has 1 aromatic carbocycles. The molecule has 0 aliphatic carbocycles. The van der Waals surface area contributed by atoms with Crippen LogP contribution in [-0.4, -0.2) is 53.9 Å². The van der Waals surface area contributed by atoms with E-state index < -0.39 is 0 Å². The minimum Gasteiger partial charge on any atom is -0.454 e. The Balaban J connectivity index is 1.33. The molecule has 0 radical (unpaired) electrons. The van der Waals surface area contributed by atoms with Crippen LogP contribution in [0.2, 0.25) is 0 Å². The topological polar surface area (TPSA) is 67.8 Å². The first-order valence-corrected chi connectivity index (χ1v) is 10.7. The molecule has 3 heterocycles. The van der Waals surface area contributed by atoms with Crippen LogP contribution in [0, 0.1) is 0 Å². The van der Waals surface area contributed by atoms with Crippen molar-refractivity contribution in [1.82, 2.24) is 15.1 Å². The van der Waals surface area contributed by atoms with E-state index in [4.69, 9.17) is 9.47 Å². The third-order valence-electron chi connectivity index (χ3n) is 5.34. The molecule has 2 aromatic rings. The molecule has 150 valence electrons. The minimum atomic E-state index is 0.243. The summed E-state index contributed by atoms with van der Waals surface area (Å²) in [5.74, 6) is 1.90. The summed E-state index contributed by atoms with van der Waals surface area (Å²) < 4.78 is 10.9. The Morgan fingerprint density at radius 1 is 1.18 bits per heavy atom. The second-order valence-electron chi connectivity index (χ2n) is 7.26. The Kier molecular flexibility index (Phi) is 5.77. The van der Waals surface area contributed by atoms with Gasteiger partial charge in [0.2, 0.25) is 11.9 Å². The maximum Gasteiger partial charge on any atom is 0.231 e. The van der Waals surface area contributed by atoms with E-state index in [1.165, 1.54) is 5.56 Å². The molecule has 1 saturated heterocycles. The summed E-state index contributed by atoms with van der Waals surface area (Å²) >= 11 is 1.55. The molecule has 0 spiro atoms. The fourth-order valence-electron chi connectivity index (χ4n) is 3.66. The summed E-state index contributed by atoms with van der Waals surface area (Å²) in [6.07, 6.45) is 1.91. The molecule has 28 heavy (non-hydrogen) atoms. The van der Waals surface area contributed by atoms with Gasteiger partial charge in [0.15, 0.2) is 11.5 Å².